The van der Waals surface area contributed by atoms with E-state index in [4.69, 9.17) is 0 Å². The van der Waals surface area contributed by atoms with E-state index in [1.807, 2.05) is 36.4 Å². The van der Waals surface area contributed by atoms with E-state index in [-0.39, 0.29) is 11.9 Å². The van der Waals surface area contributed by atoms with E-state index in [1.165, 1.54) is 6.42 Å². The molecule has 0 bridgehead atoms. The van der Waals surface area contributed by atoms with Crippen molar-refractivity contribution >= 4 is 12.0 Å². The SMILES string of the molecule is CC1CC(C)CN(CC(C)NC(=O)/C=C/c2ccccc2)C1. The van der Waals surface area contributed by atoms with Crippen LogP contribution in [0.4, 0.5) is 0 Å². The number of nitrogens with one attached hydrogen (secondary N) is 1. The Balaban J connectivity index is 1.77. The number of piperidine rings is 1. The molecule has 1 saturated heterocycles. The zero-order valence-electron chi connectivity index (χ0n) is 14.0. The van der Waals surface area contributed by atoms with Gasteiger partial charge in [0.25, 0.3) is 0 Å². The van der Waals surface area contributed by atoms with Gasteiger partial charge in [0.15, 0.2) is 0 Å². The molecule has 0 aromatic heterocycles. The maximum Gasteiger partial charge on any atom is 0.244 e. The van der Waals surface area contributed by atoms with Crippen molar-refractivity contribution in [2.24, 2.45) is 11.8 Å². The second kappa shape index (κ2) is 8.14. The molecule has 1 N–H and O–H groups in total. The molecule has 0 radical (unpaired) electrons. The molecule has 1 heterocycles. The van der Waals surface area contributed by atoms with E-state index in [2.05, 4.69) is 31.0 Å². The van der Waals surface area contributed by atoms with Crippen LogP contribution in [0.15, 0.2) is 36.4 Å². The average Bonchev–Trinajstić information content (AvgIpc) is 2.45. The lowest BCUT2D eigenvalue weighted by atomic mass is 9.92. The van der Waals surface area contributed by atoms with Crippen molar-refractivity contribution < 1.29 is 4.79 Å². The first-order chi connectivity index (χ1) is 10.5. The Bertz CT molecular complexity index is 487. The van der Waals surface area contributed by atoms with Crippen molar-refractivity contribution in [2.45, 2.75) is 33.2 Å². The monoisotopic (exact) mass is 300 g/mol. The van der Waals surface area contributed by atoms with Crippen LogP contribution in [-0.2, 0) is 4.79 Å². The molecule has 1 aromatic rings. The number of carbonyl (C=O) groups is 1. The normalized spacial score (nSPS) is 24.3. The van der Waals surface area contributed by atoms with Gasteiger partial charge in [-0.3, -0.25) is 4.79 Å². The summed E-state index contributed by atoms with van der Waals surface area (Å²) in [6.07, 6.45) is 4.79. The van der Waals surface area contributed by atoms with Gasteiger partial charge in [-0.25, -0.2) is 0 Å². The van der Waals surface area contributed by atoms with Crippen LogP contribution in [0, 0.1) is 11.8 Å². The lowest BCUT2D eigenvalue weighted by Crippen LogP contribution is -2.46. The number of hydrogen-bond acceptors (Lipinski definition) is 2. The zero-order valence-corrected chi connectivity index (χ0v) is 14.0. The summed E-state index contributed by atoms with van der Waals surface area (Å²) < 4.78 is 0. The smallest absolute Gasteiger partial charge is 0.244 e. The van der Waals surface area contributed by atoms with Gasteiger partial charge in [-0.05, 0) is 36.8 Å². The lowest BCUT2D eigenvalue weighted by Gasteiger charge is -2.36. The highest BCUT2D eigenvalue weighted by Crippen LogP contribution is 2.20. The Kier molecular flexibility index (Phi) is 6.20. The minimum Gasteiger partial charge on any atom is -0.349 e. The van der Waals surface area contributed by atoms with Crippen LogP contribution >= 0.6 is 0 Å². The standard InChI is InChI=1S/C19H28N2O/c1-15-11-16(2)13-21(12-15)14-17(3)20-19(22)10-9-18-7-5-4-6-8-18/h4-10,15-17H,11-14H2,1-3H3,(H,20,22)/b10-9+. The van der Waals surface area contributed by atoms with Crippen LogP contribution in [0.25, 0.3) is 6.08 Å². The number of rotatable bonds is 5. The number of carbonyl (C=O) groups excluding carboxylic acids is 1. The summed E-state index contributed by atoms with van der Waals surface area (Å²) in [6, 6.07) is 10.1. The number of nitrogens with zero attached hydrogens (tertiary/aromatic N) is 1. The summed E-state index contributed by atoms with van der Waals surface area (Å²) in [5.74, 6) is 1.49. The Labute approximate surface area is 134 Å². The van der Waals surface area contributed by atoms with Crippen molar-refractivity contribution in [2.75, 3.05) is 19.6 Å². The Morgan fingerprint density at radius 1 is 1.27 bits per heavy atom. The molecule has 120 valence electrons. The first-order valence-corrected chi connectivity index (χ1v) is 8.29. The number of amides is 1. The largest absolute Gasteiger partial charge is 0.349 e. The van der Waals surface area contributed by atoms with E-state index >= 15 is 0 Å². The quantitative estimate of drug-likeness (QED) is 0.847. The van der Waals surface area contributed by atoms with Gasteiger partial charge in [0.2, 0.25) is 5.91 Å². The highest BCUT2D eigenvalue weighted by Gasteiger charge is 2.22. The number of benzene rings is 1. The molecule has 1 aromatic carbocycles. The van der Waals surface area contributed by atoms with Crippen LogP contribution in [0.3, 0.4) is 0 Å². The minimum absolute atomic E-state index is 0.0190. The summed E-state index contributed by atoms with van der Waals surface area (Å²) >= 11 is 0. The molecular weight excluding hydrogens is 272 g/mol. The molecule has 22 heavy (non-hydrogen) atoms. The molecular formula is C19H28N2O. The van der Waals surface area contributed by atoms with Crippen LogP contribution in [0.5, 0.6) is 0 Å². The van der Waals surface area contributed by atoms with Crippen LogP contribution in [0.1, 0.15) is 32.8 Å². The third-order valence-electron chi connectivity index (χ3n) is 4.09. The van der Waals surface area contributed by atoms with Gasteiger partial charge >= 0.3 is 0 Å². The van der Waals surface area contributed by atoms with Crippen molar-refractivity contribution in [1.29, 1.82) is 0 Å². The van der Waals surface area contributed by atoms with Gasteiger partial charge in [0.05, 0.1) is 0 Å². The predicted octanol–water partition coefficient (Wildman–Crippen LogP) is 3.18. The van der Waals surface area contributed by atoms with Crippen molar-refractivity contribution in [3.05, 3.63) is 42.0 Å². The Hall–Kier alpha value is -1.61. The molecule has 3 atom stereocenters. The van der Waals surface area contributed by atoms with Crippen LogP contribution < -0.4 is 5.32 Å². The first-order valence-electron chi connectivity index (χ1n) is 8.29. The number of hydrogen-bond donors (Lipinski definition) is 1. The molecule has 1 aliphatic rings. The van der Waals surface area contributed by atoms with Crippen LogP contribution in [0.2, 0.25) is 0 Å². The van der Waals surface area contributed by atoms with Gasteiger partial charge in [-0.15, -0.1) is 0 Å². The van der Waals surface area contributed by atoms with E-state index in [0.717, 1.165) is 37.0 Å². The highest BCUT2D eigenvalue weighted by molar-refractivity contribution is 5.91. The van der Waals surface area contributed by atoms with Crippen molar-refractivity contribution in [3.8, 4) is 0 Å². The van der Waals surface area contributed by atoms with Gasteiger partial charge in [-0.2, -0.15) is 0 Å². The summed E-state index contributed by atoms with van der Waals surface area (Å²) in [5.41, 5.74) is 1.05. The van der Waals surface area contributed by atoms with Gasteiger partial charge in [-0.1, -0.05) is 44.2 Å². The van der Waals surface area contributed by atoms with Gasteiger partial charge < -0.3 is 10.2 Å². The molecule has 1 fully saturated rings. The Morgan fingerprint density at radius 3 is 2.55 bits per heavy atom. The lowest BCUT2D eigenvalue weighted by molar-refractivity contribution is -0.117. The summed E-state index contributed by atoms with van der Waals surface area (Å²) in [7, 11) is 0. The summed E-state index contributed by atoms with van der Waals surface area (Å²) in [6.45, 7) is 9.93. The number of likely N-dealkylation sites (tertiary alicyclic amines) is 1. The Morgan fingerprint density at radius 2 is 1.91 bits per heavy atom. The fourth-order valence-corrected chi connectivity index (χ4v) is 3.40. The minimum atomic E-state index is -0.0190. The van der Waals surface area contributed by atoms with Crippen molar-refractivity contribution in [1.82, 2.24) is 10.2 Å². The van der Waals surface area contributed by atoms with E-state index in [0.29, 0.717) is 0 Å². The second-order valence-corrected chi connectivity index (χ2v) is 6.82. The van der Waals surface area contributed by atoms with Gasteiger partial charge in [0.1, 0.15) is 0 Å². The third kappa shape index (κ3) is 5.64. The molecule has 2 rings (SSSR count). The zero-order chi connectivity index (χ0) is 15.9. The highest BCUT2D eigenvalue weighted by atomic mass is 16.1. The molecule has 3 heteroatoms. The average molecular weight is 300 g/mol. The molecule has 0 spiro atoms. The fraction of sp³-hybridized carbons (Fsp3) is 0.526. The van der Waals surface area contributed by atoms with Gasteiger partial charge in [0, 0.05) is 31.8 Å². The second-order valence-electron chi connectivity index (χ2n) is 6.82. The van der Waals surface area contributed by atoms with E-state index < -0.39 is 0 Å². The summed E-state index contributed by atoms with van der Waals surface area (Å²) in [4.78, 5) is 14.5. The summed E-state index contributed by atoms with van der Waals surface area (Å²) in [5, 5.41) is 3.06. The molecule has 1 aliphatic heterocycles. The topological polar surface area (TPSA) is 32.3 Å². The maximum atomic E-state index is 12.0. The maximum absolute atomic E-state index is 12.0. The third-order valence-corrected chi connectivity index (χ3v) is 4.09. The van der Waals surface area contributed by atoms with E-state index in [1.54, 1.807) is 6.08 Å². The first kappa shape index (κ1) is 16.8. The molecule has 0 saturated carbocycles. The van der Waals surface area contributed by atoms with Crippen LogP contribution in [-0.4, -0.2) is 36.5 Å². The fourth-order valence-electron chi connectivity index (χ4n) is 3.40. The van der Waals surface area contributed by atoms with Crippen molar-refractivity contribution in [3.63, 3.8) is 0 Å². The molecule has 0 aliphatic carbocycles. The molecule has 1 amide bonds. The molecule has 3 unspecified atom stereocenters. The molecule has 3 nitrogen and oxygen atoms in total. The predicted molar refractivity (Wildman–Crippen MR) is 92.5 cm³/mol. The van der Waals surface area contributed by atoms with E-state index in [9.17, 15) is 4.79 Å².